The summed E-state index contributed by atoms with van der Waals surface area (Å²) in [6, 6.07) is 7.91. The molecule has 0 bridgehead atoms. The van der Waals surface area contributed by atoms with Crippen molar-refractivity contribution in [2.45, 2.75) is 32.5 Å². The molecule has 158 valence electrons. The first-order valence-corrected chi connectivity index (χ1v) is 10.1. The Balaban J connectivity index is 1.97. The predicted molar refractivity (Wildman–Crippen MR) is 114 cm³/mol. The quantitative estimate of drug-likeness (QED) is 0.561. The number of fused-ring (bicyclic) bond motifs is 1. The van der Waals surface area contributed by atoms with Crippen molar-refractivity contribution in [1.82, 2.24) is 9.97 Å². The van der Waals surface area contributed by atoms with Crippen molar-refractivity contribution in [3.8, 4) is 0 Å². The molecule has 0 saturated carbocycles. The lowest BCUT2D eigenvalue weighted by atomic mass is 10.0. The smallest absolute Gasteiger partial charge is 0.413 e. The lowest BCUT2D eigenvalue weighted by molar-refractivity contribution is 0.0591. The molecule has 2 aromatic heterocycles. The third kappa shape index (κ3) is 5.05. The van der Waals surface area contributed by atoms with E-state index in [0.29, 0.717) is 25.9 Å². The molecule has 2 N–H and O–H groups in total. The molecule has 0 radical (unpaired) electrons. The van der Waals surface area contributed by atoms with Crippen molar-refractivity contribution in [3.05, 3.63) is 52.3 Å². The van der Waals surface area contributed by atoms with E-state index in [1.807, 2.05) is 0 Å². The second kappa shape index (κ2) is 8.55. The van der Waals surface area contributed by atoms with E-state index in [0.717, 1.165) is 0 Å². The third-order valence-electron chi connectivity index (χ3n) is 3.84. The fourth-order valence-corrected chi connectivity index (χ4v) is 3.87. The molecular formula is C20H20ClN3O5S. The van der Waals surface area contributed by atoms with Crippen LogP contribution in [0.3, 0.4) is 0 Å². The van der Waals surface area contributed by atoms with Crippen molar-refractivity contribution >= 4 is 50.3 Å². The normalized spacial score (nSPS) is 12.5. The monoisotopic (exact) mass is 449 g/mol. The first-order valence-electron chi connectivity index (χ1n) is 8.90. The number of thiazole rings is 1. The van der Waals surface area contributed by atoms with Crippen molar-refractivity contribution < 1.29 is 24.2 Å². The standard InChI is InChI=1S/C20H20ClN3O5S/c1-20(2,3)29-19(27)24-18-23-15-11(8-10(21)9-14(15)30-18)16(25)12-6-5-7-13(22-12)17(26)28-4/h5-9,16,25H,1-4H3,(H,23,24,27). The Morgan fingerprint density at radius 2 is 1.97 bits per heavy atom. The van der Waals surface area contributed by atoms with Gasteiger partial charge in [-0.2, -0.15) is 0 Å². The molecule has 1 unspecified atom stereocenters. The van der Waals surface area contributed by atoms with Gasteiger partial charge in [0.25, 0.3) is 0 Å². The minimum absolute atomic E-state index is 0.0675. The molecule has 0 aliphatic heterocycles. The largest absolute Gasteiger partial charge is 0.464 e. The van der Waals surface area contributed by atoms with Crippen molar-refractivity contribution in [2.75, 3.05) is 12.4 Å². The Morgan fingerprint density at radius 1 is 1.23 bits per heavy atom. The number of amides is 1. The van der Waals surface area contributed by atoms with Gasteiger partial charge < -0.3 is 14.6 Å². The van der Waals surface area contributed by atoms with E-state index in [4.69, 9.17) is 16.3 Å². The molecule has 3 rings (SSSR count). The molecule has 1 atom stereocenters. The van der Waals surface area contributed by atoms with Crippen LogP contribution in [0.2, 0.25) is 5.02 Å². The number of ether oxygens (including phenoxy) is 2. The predicted octanol–water partition coefficient (Wildman–Crippen LogP) is 4.56. The number of rotatable bonds is 4. The average Bonchev–Trinajstić information content (AvgIpc) is 3.06. The van der Waals surface area contributed by atoms with Crippen LogP contribution in [-0.4, -0.2) is 39.8 Å². The number of carbonyl (C=O) groups is 2. The summed E-state index contributed by atoms with van der Waals surface area (Å²) in [6.45, 7) is 5.28. The maximum absolute atomic E-state index is 12.0. The van der Waals surface area contributed by atoms with Gasteiger partial charge in [0, 0.05) is 10.6 Å². The van der Waals surface area contributed by atoms with Crippen LogP contribution < -0.4 is 5.32 Å². The number of aromatic nitrogens is 2. The van der Waals surface area contributed by atoms with Crippen LogP contribution >= 0.6 is 22.9 Å². The van der Waals surface area contributed by atoms with E-state index < -0.39 is 23.8 Å². The molecule has 10 heteroatoms. The Morgan fingerprint density at radius 3 is 2.63 bits per heavy atom. The Kier molecular flexibility index (Phi) is 6.25. The van der Waals surface area contributed by atoms with E-state index in [1.165, 1.54) is 24.5 Å². The number of anilines is 1. The molecule has 1 aromatic carbocycles. The van der Waals surface area contributed by atoms with Gasteiger partial charge >= 0.3 is 12.1 Å². The molecule has 0 saturated heterocycles. The van der Waals surface area contributed by atoms with Gasteiger partial charge in [0.2, 0.25) is 0 Å². The molecule has 0 aliphatic rings. The fourth-order valence-electron chi connectivity index (χ4n) is 2.65. The molecule has 0 fully saturated rings. The Labute approximate surface area is 181 Å². The van der Waals surface area contributed by atoms with Crippen molar-refractivity contribution in [1.29, 1.82) is 0 Å². The van der Waals surface area contributed by atoms with Crippen LogP contribution in [-0.2, 0) is 9.47 Å². The number of nitrogens with zero attached hydrogens (tertiary/aromatic N) is 2. The summed E-state index contributed by atoms with van der Waals surface area (Å²) < 4.78 is 10.6. The highest BCUT2D eigenvalue weighted by molar-refractivity contribution is 7.22. The lowest BCUT2D eigenvalue weighted by Crippen LogP contribution is -2.27. The van der Waals surface area contributed by atoms with E-state index in [1.54, 1.807) is 45.0 Å². The van der Waals surface area contributed by atoms with Crippen LogP contribution in [0, 0.1) is 0 Å². The molecule has 0 aliphatic carbocycles. The number of halogens is 1. The molecule has 3 aromatic rings. The number of aliphatic hydroxyl groups is 1. The number of benzene rings is 1. The third-order valence-corrected chi connectivity index (χ3v) is 4.97. The van der Waals surface area contributed by atoms with Crippen LogP contribution in [0.25, 0.3) is 10.2 Å². The van der Waals surface area contributed by atoms with Gasteiger partial charge in [-0.05, 0) is 45.0 Å². The van der Waals surface area contributed by atoms with Gasteiger partial charge in [0.1, 0.15) is 17.4 Å². The molecule has 0 spiro atoms. The van der Waals surface area contributed by atoms with Gasteiger partial charge in [-0.3, -0.25) is 5.32 Å². The second-order valence-electron chi connectivity index (χ2n) is 7.33. The molecule has 2 heterocycles. The minimum Gasteiger partial charge on any atom is -0.464 e. The topological polar surface area (TPSA) is 111 Å². The van der Waals surface area contributed by atoms with Crippen LogP contribution in [0.1, 0.15) is 48.6 Å². The Hall–Kier alpha value is -2.75. The second-order valence-corrected chi connectivity index (χ2v) is 8.80. The van der Waals surface area contributed by atoms with E-state index in [2.05, 4.69) is 20.0 Å². The number of methoxy groups -OCH3 is 1. The van der Waals surface area contributed by atoms with Crippen LogP contribution in [0.4, 0.5) is 9.93 Å². The van der Waals surface area contributed by atoms with Gasteiger partial charge in [-0.1, -0.05) is 29.0 Å². The van der Waals surface area contributed by atoms with Gasteiger partial charge in [-0.25, -0.2) is 19.6 Å². The van der Waals surface area contributed by atoms with E-state index in [-0.39, 0.29) is 11.4 Å². The summed E-state index contributed by atoms with van der Waals surface area (Å²) in [5, 5.41) is 14.2. The summed E-state index contributed by atoms with van der Waals surface area (Å²) in [7, 11) is 1.25. The number of pyridine rings is 1. The summed E-state index contributed by atoms with van der Waals surface area (Å²) in [4.78, 5) is 32.4. The summed E-state index contributed by atoms with van der Waals surface area (Å²) >= 11 is 7.41. The van der Waals surface area contributed by atoms with Gasteiger partial charge in [-0.15, -0.1) is 0 Å². The summed E-state index contributed by atoms with van der Waals surface area (Å²) in [5.41, 5.74) is 0.490. The average molecular weight is 450 g/mol. The first kappa shape index (κ1) is 21.9. The zero-order valence-corrected chi connectivity index (χ0v) is 18.3. The zero-order valence-electron chi connectivity index (χ0n) is 16.7. The maximum atomic E-state index is 12.0. The first-order chi connectivity index (χ1) is 14.1. The maximum Gasteiger partial charge on any atom is 0.413 e. The number of hydrogen-bond donors (Lipinski definition) is 2. The fraction of sp³-hybridized carbons (Fsp3) is 0.300. The lowest BCUT2D eigenvalue weighted by Gasteiger charge is -2.18. The highest BCUT2D eigenvalue weighted by Gasteiger charge is 2.22. The molecular weight excluding hydrogens is 430 g/mol. The molecule has 30 heavy (non-hydrogen) atoms. The number of carbonyl (C=O) groups excluding carboxylic acids is 2. The zero-order chi connectivity index (χ0) is 22.1. The van der Waals surface area contributed by atoms with Crippen LogP contribution in [0.15, 0.2) is 30.3 Å². The number of aliphatic hydroxyl groups excluding tert-OH is 1. The Bertz CT molecular complexity index is 1110. The molecule has 8 nitrogen and oxygen atoms in total. The summed E-state index contributed by atoms with van der Waals surface area (Å²) in [5.74, 6) is -0.613. The van der Waals surface area contributed by atoms with Crippen molar-refractivity contribution in [2.24, 2.45) is 0 Å². The molecule has 1 amide bonds. The highest BCUT2D eigenvalue weighted by Crippen LogP contribution is 2.36. The van der Waals surface area contributed by atoms with Gasteiger partial charge in [0.15, 0.2) is 5.13 Å². The SMILES string of the molecule is COC(=O)c1cccc(C(O)c2cc(Cl)cc3sc(NC(=O)OC(C)(C)C)nc23)n1. The number of esters is 1. The number of hydrogen-bond acceptors (Lipinski definition) is 8. The van der Waals surface area contributed by atoms with Crippen molar-refractivity contribution in [3.63, 3.8) is 0 Å². The minimum atomic E-state index is -1.20. The number of nitrogens with one attached hydrogen (secondary N) is 1. The van der Waals surface area contributed by atoms with Crippen LogP contribution in [0.5, 0.6) is 0 Å². The highest BCUT2D eigenvalue weighted by atomic mass is 35.5. The van der Waals surface area contributed by atoms with Gasteiger partial charge in [0.05, 0.1) is 23.0 Å². The van der Waals surface area contributed by atoms with E-state index >= 15 is 0 Å². The van der Waals surface area contributed by atoms with E-state index in [9.17, 15) is 14.7 Å². The summed E-state index contributed by atoms with van der Waals surface area (Å²) in [6.07, 6.45) is -1.84.